The van der Waals surface area contributed by atoms with E-state index in [2.05, 4.69) is 20.4 Å². The minimum absolute atomic E-state index is 0.0131. The van der Waals surface area contributed by atoms with Crippen LogP contribution in [-0.4, -0.2) is 5.54 Å². The highest BCUT2D eigenvalue weighted by Crippen LogP contribution is 2.53. The van der Waals surface area contributed by atoms with E-state index in [0.717, 1.165) is 18.3 Å². The van der Waals surface area contributed by atoms with Gasteiger partial charge in [-0.25, -0.2) is 0 Å². The van der Waals surface area contributed by atoms with Crippen LogP contribution < -0.4 is 5.73 Å². The average Bonchev–Trinajstić information content (AvgIpc) is 2.83. The summed E-state index contributed by atoms with van der Waals surface area (Å²) in [5.41, 5.74) is 7.66. The maximum absolute atomic E-state index is 6.32. The maximum Gasteiger partial charge on any atom is 0.0434 e. The Kier molecular flexibility index (Phi) is 3.44. The highest BCUT2D eigenvalue weighted by molar-refractivity contribution is 5.41. The first-order valence-corrected chi connectivity index (χ1v) is 7.10. The molecule has 0 radical (unpaired) electrons. The number of hydrogen-bond acceptors (Lipinski definition) is 1. The monoisotopic (exact) mass is 221 g/mol. The zero-order chi connectivity index (χ0) is 11.8. The van der Waals surface area contributed by atoms with Crippen molar-refractivity contribution in [1.82, 2.24) is 0 Å². The summed E-state index contributed by atoms with van der Waals surface area (Å²) in [5.74, 6) is 2.55. The molecule has 2 fully saturated rings. The van der Waals surface area contributed by atoms with Gasteiger partial charge in [0.25, 0.3) is 0 Å². The van der Waals surface area contributed by atoms with Crippen LogP contribution in [0.1, 0.15) is 58.8 Å². The van der Waals surface area contributed by atoms with E-state index in [-0.39, 0.29) is 5.54 Å². The molecule has 0 aromatic heterocycles. The minimum atomic E-state index is 0.0131. The van der Waals surface area contributed by atoms with E-state index in [1.807, 2.05) is 0 Å². The van der Waals surface area contributed by atoms with Crippen LogP contribution in [0.15, 0.2) is 12.2 Å². The van der Waals surface area contributed by atoms with E-state index in [1.54, 1.807) is 0 Å². The predicted octanol–water partition coefficient (Wildman–Crippen LogP) is 3.89. The molecule has 1 nitrogen and oxygen atoms in total. The molecule has 2 saturated carbocycles. The van der Waals surface area contributed by atoms with E-state index >= 15 is 0 Å². The molecule has 0 spiro atoms. The molecule has 4 atom stereocenters. The van der Waals surface area contributed by atoms with Gasteiger partial charge in [0.1, 0.15) is 0 Å². The summed E-state index contributed by atoms with van der Waals surface area (Å²) in [4.78, 5) is 0. The number of rotatable bonds is 4. The molecule has 0 bridgehead atoms. The van der Waals surface area contributed by atoms with Crippen molar-refractivity contribution in [1.29, 1.82) is 0 Å². The Hall–Kier alpha value is -0.300. The van der Waals surface area contributed by atoms with Gasteiger partial charge < -0.3 is 5.73 Å². The van der Waals surface area contributed by atoms with Crippen molar-refractivity contribution >= 4 is 0 Å². The zero-order valence-electron chi connectivity index (χ0n) is 11.0. The molecule has 0 saturated heterocycles. The lowest BCUT2D eigenvalue weighted by Crippen LogP contribution is -2.25. The molecule has 92 valence electrons. The summed E-state index contributed by atoms with van der Waals surface area (Å²) >= 11 is 0. The van der Waals surface area contributed by atoms with Crippen LogP contribution in [0.2, 0.25) is 0 Å². The Morgan fingerprint density at radius 2 is 2.00 bits per heavy atom. The van der Waals surface area contributed by atoms with Crippen LogP contribution in [0.3, 0.4) is 0 Å². The normalized spacial score (nSPS) is 43.4. The molecule has 0 amide bonds. The zero-order valence-corrected chi connectivity index (χ0v) is 11.0. The third-order valence-electron chi connectivity index (χ3n) is 5.18. The second kappa shape index (κ2) is 4.52. The van der Waals surface area contributed by atoms with Crippen LogP contribution in [0.5, 0.6) is 0 Å². The molecular formula is C15H27N. The smallest absolute Gasteiger partial charge is 0.0434 e. The van der Waals surface area contributed by atoms with Crippen molar-refractivity contribution in [2.24, 2.45) is 23.5 Å². The van der Waals surface area contributed by atoms with E-state index in [4.69, 9.17) is 5.73 Å². The standard InChI is InChI=1S/C15H27N/c1-4-12-7-6-8-13(9-12)10-14-11(3)15(14,16)5-2/h12-14H,3-10,16H2,1-2H3. The van der Waals surface area contributed by atoms with Crippen LogP contribution >= 0.6 is 0 Å². The van der Waals surface area contributed by atoms with E-state index in [9.17, 15) is 0 Å². The maximum atomic E-state index is 6.32. The molecule has 0 heterocycles. The molecule has 2 rings (SSSR count). The molecule has 0 aliphatic heterocycles. The molecule has 0 aromatic rings. The van der Waals surface area contributed by atoms with Crippen molar-refractivity contribution < 1.29 is 0 Å². The van der Waals surface area contributed by atoms with Gasteiger partial charge in [0.2, 0.25) is 0 Å². The van der Waals surface area contributed by atoms with Crippen molar-refractivity contribution in [2.45, 2.75) is 64.3 Å². The third-order valence-corrected chi connectivity index (χ3v) is 5.18. The van der Waals surface area contributed by atoms with Gasteiger partial charge >= 0.3 is 0 Å². The molecule has 2 aliphatic carbocycles. The molecule has 2 aliphatic rings. The predicted molar refractivity (Wildman–Crippen MR) is 70.2 cm³/mol. The van der Waals surface area contributed by atoms with Crippen molar-refractivity contribution in [3.8, 4) is 0 Å². The summed E-state index contributed by atoms with van der Waals surface area (Å²) in [5, 5.41) is 0. The Morgan fingerprint density at radius 1 is 1.31 bits per heavy atom. The summed E-state index contributed by atoms with van der Waals surface area (Å²) < 4.78 is 0. The van der Waals surface area contributed by atoms with E-state index < -0.39 is 0 Å². The Labute approximate surface area is 100 Å². The van der Waals surface area contributed by atoms with Crippen molar-refractivity contribution in [3.63, 3.8) is 0 Å². The average molecular weight is 221 g/mol. The number of nitrogens with two attached hydrogens (primary N) is 1. The first-order chi connectivity index (χ1) is 7.61. The Morgan fingerprint density at radius 3 is 2.56 bits per heavy atom. The molecule has 16 heavy (non-hydrogen) atoms. The van der Waals surface area contributed by atoms with Gasteiger partial charge in [-0.15, -0.1) is 0 Å². The lowest BCUT2D eigenvalue weighted by atomic mass is 9.77. The Bertz CT molecular complexity index is 271. The Balaban J connectivity index is 1.85. The van der Waals surface area contributed by atoms with Crippen LogP contribution in [0.4, 0.5) is 0 Å². The van der Waals surface area contributed by atoms with Gasteiger partial charge in [-0.2, -0.15) is 0 Å². The fourth-order valence-electron chi connectivity index (χ4n) is 3.68. The SMILES string of the molecule is C=C1C(CC2CCCC(CC)C2)C1(N)CC. The van der Waals surface area contributed by atoms with Gasteiger partial charge in [-0.3, -0.25) is 0 Å². The van der Waals surface area contributed by atoms with Gasteiger partial charge in [0, 0.05) is 11.5 Å². The second-order valence-electron chi connectivity index (χ2n) is 6.01. The molecular weight excluding hydrogens is 194 g/mol. The first-order valence-electron chi connectivity index (χ1n) is 7.10. The molecule has 0 aromatic carbocycles. The summed E-state index contributed by atoms with van der Waals surface area (Å²) in [6.07, 6.45) is 9.52. The topological polar surface area (TPSA) is 26.0 Å². The van der Waals surface area contributed by atoms with Crippen molar-refractivity contribution in [3.05, 3.63) is 12.2 Å². The lowest BCUT2D eigenvalue weighted by molar-refractivity contribution is 0.238. The summed E-state index contributed by atoms with van der Waals surface area (Å²) in [6, 6.07) is 0. The number of hydrogen-bond donors (Lipinski definition) is 1. The summed E-state index contributed by atoms with van der Waals surface area (Å²) in [6.45, 7) is 8.68. The van der Waals surface area contributed by atoms with Crippen molar-refractivity contribution in [2.75, 3.05) is 0 Å². The fraction of sp³-hybridized carbons (Fsp3) is 0.867. The quantitative estimate of drug-likeness (QED) is 0.716. The van der Waals surface area contributed by atoms with Gasteiger partial charge in [0.05, 0.1) is 0 Å². The largest absolute Gasteiger partial charge is 0.321 e. The van der Waals surface area contributed by atoms with Gasteiger partial charge in [-0.1, -0.05) is 51.7 Å². The van der Waals surface area contributed by atoms with E-state index in [0.29, 0.717) is 5.92 Å². The minimum Gasteiger partial charge on any atom is -0.321 e. The molecule has 2 N–H and O–H groups in total. The van der Waals surface area contributed by atoms with Gasteiger partial charge in [-0.05, 0) is 31.1 Å². The highest BCUT2D eigenvalue weighted by atomic mass is 14.9. The van der Waals surface area contributed by atoms with Crippen LogP contribution in [0, 0.1) is 17.8 Å². The lowest BCUT2D eigenvalue weighted by Gasteiger charge is -2.28. The fourth-order valence-corrected chi connectivity index (χ4v) is 3.68. The second-order valence-corrected chi connectivity index (χ2v) is 6.01. The first kappa shape index (κ1) is 12.2. The molecule has 4 unspecified atom stereocenters. The van der Waals surface area contributed by atoms with Gasteiger partial charge in [0.15, 0.2) is 0 Å². The van der Waals surface area contributed by atoms with E-state index in [1.165, 1.54) is 44.1 Å². The van der Waals surface area contributed by atoms with Crippen LogP contribution in [0.25, 0.3) is 0 Å². The summed E-state index contributed by atoms with van der Waals surface area (Å²) in [7, 11) is 0. The van der Waals surface area contributed by atoms with Crippen LogP contribution in [-0.2, 0) is 0 Å². The highest BCUT2D eigenvalue weighted by Gasteiger charge is 2.54. The third kappa shape index (κ3) is 2.07. The molecule has 1 heteroatoms.